The smallest absolute Gasteiger partial charge is 0.323 e. The van der Waals surface area contributed by atoms with E-state index in [1.165, 1.54) is 96.4 Å². The summed E-state index contributed by atoms with van der Waals surface area (Å²) in [5.74, 6) is 3.12. The second-order valence-corrected chi connectivity index (χ2v) is 19.5. The first-order valence-corrected chi connectivity index (χ1v) is 21.4. The molecule has 0 radical (unpaired) electrons. The third-order valence-corrected chi connectivity index (χ3v) is 15.2. The number of aliphatic hydroxyl groups excluding tert-OH is 1. The van der Waals surface area contributed by atoms with E-state index in [1.54, 1.807) is 0 Å². The number of carbonyl (C=O) groups is 1. The molecule has 7 heteroatoms. The Kier molecular flexibility index (Phi) is 10.3. The number of hydrogen-bond acceptors (Lipinski definition) is 7. The lowest BCUT2D eigenvalue weighted by Gasteiger charge is -2.70. The number of nitrogens with zero attached hydrogens (tertiary/aromatic N) is 1. The molecule has 6 saturated carbocycles. The van der Waals surface area contributed by atoms with Crippen LogP contribution in [0.3, 0.4) is 0 Å². The van der Waals surface area contributed by atoms with Gasteiger partial charge in [0, 0.05) is 36.6 Å². The third-order valence-electron chi connectivity index (χ3n) is 15.2. The van der Waals surface area contributed by atoms with Crippen LogP contribution >= 0.6 is 0 Å². The van der Waals surface area contributed by atoms with Crippen LogP contribution in [-0.2, 0) is 19.0 Å². The summed E-state index contributed by atoms with van der Waals surface area (Å²) in [4.78, 5) is 16.8. The summed E-state index contributed by atoms with van der Waals surface area (Å²) < 4.78 is 21.0. The van der Waals surface area contributed by atoms with Gasteiger partial charge in [0.2, 0.25) is 0 Å². The third kappa shape index (κ3) is 6.81. The second-order valence-electron chi connectivity index (χ2n) is 19.5. The summed E-state index contributed by atoms with van der Waals surface area (Å²) in [6, 6.07) is 0.170. The molecule has 8 aliphatic rings. The molecule has 0 aromatic carbocycles. The molecule has 1 spiro atoms. The van der Waals surface area contributed by atoms with Gasteiger partial charge >= 0.3 is 5.97 Å². The van der Waals surface area contributed by atoms with Gasteiger partial charge in [0.15, 0.2) is 0 Å². The fourth-order valence-corrected chi connectivity index (χ4v) is 13.0. The van der Waals surface area contributed by atoms with Gasteiger partial charge < -0.3 is 19.3 Å². The van der Waals surface area contributed by atoms with Crippen LogP contribution < -0.4 is 5.32 Å². The molecule has 6 aliphatic carbocycles. The van der Waals surface area contributed by atoms with Crippen molar-refractivity contribution in [1.29, 1.82) is 0 Å². The Morgan fingerprint density at radius 2 is 1.65 bits per heavy atom. The van der Waals surface area contributed by atoms with Crippen molar-refractivity contribution in [3.63, 3.8) is 0 Å². The highest BCUT2D eigenvalue weighted by Gasteiger charge is 2.78. The summed E-state index contributed by atoms with van der Waals surface area (Å²) in [7, 11) is 0. The Morgan fingerprint density at radius 1 is 0.918 bits per heavy atom. The molecule has 8 rings (SSSR count). The van der Waals surface area contributed by atoms with Crippen LogP contribution in [-0.4, -0.2) is 83.3 Å². The van der Waals surface area contributed by atoms with Crippen LogP contribution in [0.2, 0.25) is 0 Å². The van der Waals surface area contributed by atoms with E-state index < -0.39 is 11.7 Å². The standard InChI is InChI=1S/C42H70N2O5/c1-40(2,3)49-39(46)33(25-29-13-8-5-9-14-29)43-32-20-21-42(47-24-10-15-28-11-6-4-7-12-28)35-26-31-18-19-34(45)37-36(31)41(42,38(32)48-37)22-23-44(35)27-30-16-17-30/h28-38,43,45H,4-27H2,1-3H3/t31?,32-,33+,34?,35?,36?,37?,38+,41+,42-/m1/s1. The number of nitrogens with one attached hydrogen (secondary N) is 1. The lowest BCUT2D eigenvalue weighted by molar-refractivity contribution is -0.282. The lowest BCUT2D eigenvalue weighted by Crippen LogP contribution is -2.79. The number of esters is 1. The van der Waals surface area contributed by atoms with Gasteiger partial charge in [-0.25, -0.2) is 0 Å². The molecule has 49 heavy (non-hydrogen) atoms. The molecule has 2 heterocycles. The molecule has 278 valence electrons. The summed E-state index contributed by atoms with van der Waals surface area (Å²) in [5.41, 5.74) is -0.888. The number of ether oxygens (including phenoxy) is 3. The molecule has 2 saturated heterocycles. The van der Waals surface area contributed by atoms with Gasteiger partial charge in [-0.05, 0) is 122 Å². The van der Waals surface area contributed by atoms with E-state index in [0.717, 1.165) is 69.9 Å². The van der Waals surface area contributed by atoms with Crippen molar-refractivity contribution in [2.24, 2.45) is 35.0 Å². The van der Waals surface area contributed by atoms with E-state index in [1.807, 2.05) is 20.8 Å². The maximum atomic E-state index is 14.0. The minimum atomic E-state index is -0.517. The van der Waals surface area contributed by atoms with Gasteiger partial charge in [-0.1, -0.05) is 64.2 Å². The van der Waals surface area contributed by atoms with Crippen molar-refractivity contribution in [1.82, 2.24) is 10.2 Å². The van der Waals surface area contributed by atoms with Gasteiger partial charge in [-0.3, -0.25) is 15.0 Å². The number of rotatable bonds is 12. The van der Waals surface area contributed by atoms with Crippen LogP contribution in [0.15, 0.2) is 0 Å². The molecule has 0 aromatic rings. The first kappa shape index (κ1) is 35.3. The zero-order chi connectivity index (χ0) is 33.8. The van der Waals surface area contributed by atoms with Gasteiger partial charge in [0.1, 0.15) is 11.6 Å². The Morgan fingerprint density at radius 3 is 2.37 bits per heavy atom. The minimum Gasteiger partial charge on any atom is -0.459 e. The zero-order valence-electron chi connectivity index (χ0n) is 31.3. The Labute approximate surface area is 297 Å². The van der Waals surface area contributed by atoms with Crippen LogP contribution in [0.25, 0.3) is 0 Å². The molecule has 8 fully saturated rings. The zero-order valence-corrected chi connectivity index (χ0v) is 31.3. The maximum Gasteiger partial charge on any atom is 0.323 e. The van der Waals surface area contributed by atoms with E-state index >= 15 is 0 Å². The summed E-state index contributed by atoms with van der Waals surface area (Å²) in [6.45, 7) is 9.17. The molecule has 0 amide bonds. The number of carbonyl (C=O) groups excluding carboxylic acids is 1. The van der Waals surface area contributed by atoms with Crippen molar-refractivity contribution < 1.29 is 24.1 Å². The second kappa shape index (κ2) is 14.3. The number of hydrogen-bond donors (Lipinski definition) is 2. The highest BCUT2D eigenvalue weighted by molar-refractivity contribution is 5.76. The van der Waals surface area contributed by atoms with Crippen molar-refractivity contribution in [2.45, 2.75) is 203 Å². The Hall–Kier alpha value is -0.730. The van der Waals surface area contributed by atoms with E-state index in [0.29, 0.717) is 23.8 Å². The Bertz CT molecular complexity index is 1140. The molecule has 10 atom stereocenters. The molecule has 7 nitrogen and oxygen atoms in total. The van der Waals surface area contributed by atoms with E-state index in [4.69, 9.17) is 14.2 Å². The predicted octanol–water partition coefficient (Wildman–Crippen LogP) is 7.56. The topological polar surface area (TPSA) is 80.3 Å². The molecule has 0 aromatic heterocycles. The summed E-state index contributed by atoms with van der Waals surface area (Å²) in [6.07, 6.45) is 25.0. The van der Waals surface area contributed by atoms with Gasteiger partial charge in [-0.15, -0.1) is 0 Å². The predicted molar refractivity (Wildman–Crippen MR) is 192 cm³/mol. The first-order chi connectivity index (χ1) is 23.7. The normalized spacial score (nSPS) is 42.1. The molecular formula is C42H70N2O5. The van der Waals surface area contributed by atoms with Crippen molar-refractivity contribution in [2.75, 3.05) is 19.7 Å². The summed E-state index contributed by atoms with van der Waals surface area (Å²) in [5, 5.41) is 15.6. The monoisotopic (exact) mass is 683 g/mol. The van der Waals surface area contributed by atoms with Gasteiger partial charge in [0.25, 0.3) is 0 Å². The summed E-state index contributed by atoms with van der Waals surface area (Å²) >= 11 is 0. The molecule has 2 bridgehead atoms. The van der Waals surface area contributed by atoms with Gasteiger partial charge in [-0.2, -0.15) is 0 Å². The van der Waals surface area contributed by atoms with Crippen molar-refractivity contribution in [3.05, 3.63) is 0 Å². The van der Waals surface area contributed by atoms with E-state index in [9.17, 15) is 9.90 Å². The molecular weight excluding hydrogens is 612 g/mol. The highest BCUT2D eigenvalue weighted by atomic mass is 16.6. The van der Waals surface area contributed by atoms with Gasteiger partial charge in [0.05, 0.1) is 23.9 Å². The van der Waals surface area contributed by atoms with Crippen LogP contribution in [0.5, 0.6) is 0 Å². The SMILES string of the molecule is CC(C)(C)OC(=O)[C@H](CC1CCCCC1)N[C@@H]1CC[C@@]2(OCCCC3CCCCC3)C3CC4CCC(O)C5O[C@@H]1[C@]2(CCN3CC1CC1)C45. The quantitative estimate of drug-likeness (QED) is 0.162. The maximum absolute atomic E-state index is 14.0. The number of aliphatic hydroxyl groups is 1. The van der Waals surface area contributed by atoms with Crippen LogP contribution in [0, 0.1) is 35.0 Å². The van der Waals surface area contributed by atoms with Crippen LogP contribution in [0.1, 0.15) is 156 Å². The number of piperidine rings is 1. The lowest BCUT2D eigenvalue weighted by atomic mass is 9.42. The fourth-order valence-electron chi connectivity index (χ4n) is 13.0. The largest absolute Gasteiger partial charge is 0.459 e. The molecule has 2 aliphatic heterocycles. The Balaban J connectivity index is 1.10. The highest BCUT2D eigenvalue weighted by Crippen LogP contribution is 2.71. The fraction of sp³-hybridized carbons (Fsp3) is 0.976. The number of likely N-dealkylation sites (tertiary alicyclic amines) is 1. The van der Waals surface area contributed by atoms with Crippen LogP contribution in [0.4, 0.5) is 0 Å². The average Bonchev–Trinajstić information content (AvgIpc) is 3.83. The minimum absolute atomic E-state index is 0.0491. The first-order valence-electron chi connectivity index (χ1n) is 21.4. The van der Waals surface area contributed by atoms with E-state index in [2.05, 4.69) is 10.2 Å². The molecule has 2 N–H and O–H groups in total. The van der Waals surface area contributed by atoms with E-state index in [-0.39, 0.29) is 41.3 Å². The van der Waals surface area contributed by atoms with Crippen molar-refractivity contribution in [3.8, 4) is 0 Å². The average molecular weight is 683 g/mol. The van der Waals surface area contributed by atoms with Crippen molar-refractivity contribution >= 4 is 5.97 Å². The molecule has 5 unspecified atom stereocenters.